The lowest BCUT2D eigenvalue weighted by atomic mass is 9.33. The molecule has 24 rings (SSSR count). The van der Waals surface area contributed by atoms with E-state index in [9.17, 15) is 0 Å². The van der Waals surface area contributed by atoms with E-state index in [1.54, 1.807) is 0 Å². The number of nitrogens with zero attached hydrogens (tertiary/aromatic N) is 4. The Kier molecular flexibility index (Phi) is 18.6. The first kappa shape index (κ1) is 76.3. The van der Waals surface area contributed by atoms with Gasteiger partial charge in [-0.15, -0.1) is 0 Å². The van der Waals surface area contributed by atoms with Crippen LogP contribution in [0, 0.1) is 0 Å². The van der Waals surface area contributed by atoms with Crippen LogP contribution in [-0.4, -0.2) is 15.8 Å². The van der Waals surface area contributed by atoms with Gasteiger partial charge in [-0.3, -0.25) is 0 Å². The van der Waals surface area contributed by atoms with Crippen molar-refractivity contribution >= 4 is 101 Å². The van der Waals surface area contributed by atoms with Crippen molar-refractivity contribution in [2.24, 2.45) is 0 Å². The summed E-state index contributed by atoms with van der Waals surface area (Å²) in [6.45, 7) is 6.77. The van der Waals surface area contributed by atoms with Crippen LogP contribution in [0.4, 0.5) is 34.1 Å². The molecule has 2 aromatic heterocycles. The molecule has 0 unspecified atom stereocenters. The zero-order chi connectivity index (χ0) is 85.8. The van der Waals surface area contributed by atoms with Crippen LogP contribution in [0.3, 0.4) is 0 Å². The van der Waals surface area contributed by atoms with Crippen molar-refractivity contribution in [3.63, 3.8) is 0 Å². The Balaban J connectivity index is 0.837. The van der Waals surface area contributed by atoms with Gasteiger partial charge in [0.05, 0.1) is 33.4 Å². The third-order valence-corrected chi connectivity index (χ3v) is 26.8. The van der Waals surface area contributed by atoms with Crippen molar-refractivity contribution in [2.45, 2.75) is 26.2 Å². The molecule has 0 saturated heterocycles. The number of hydrogen-bond donors (Lipinski definition) is 0. The predicted octanol–water partition coefficient (Wildman–Crippen LogP) is 31.6. The van der Waals surface area contributed by atoms with Crippen molar-refractivity contribution in [2.75, 3.05) is 9.80 Å². The molecule has 0 bridgehead atoms. The summed E-state index contributed by atoms with van der Waals surface area (Å²) in [5, 5.41) is 4.78. The number of para-hydroxylation sites is 3. The highest BCUT2D eigenvalue weighted by Crippen LogP contribution is 2.56. The fraction of sp³-hybridized carbons (Fsp3) is 0.0323. The maximum Gasteiger partial charge on any atom is 0.252 e. The van der Waals surface area contributed by atoms with E-state index in [2.05, 4.69) is 513 Å². The number of benzene rings is 20. The lowest BCUT2D eigenvalue weighted by Gasteiger charge is -2.46. The third-order valence-electron chi connectivity index (χ3n) is 26.8. The number of rotatable bonds is 15. The van der Waals surface area contributed by atoms with Gasteiger partial charge in [0.2, 0.25) is 0 Å². The first-order valence-corrected chi connectivity index (χ1v) is 44.9. The second-order valence-corrected chi connectivity index (χ2v) is 35.4. The maximum absolute atomic E-state index is 2.74. The summed E-state index contributed by atoms with van der Waals surface area (Å²) in [7, 11) is 0. The fourth-order valence-corrected chi connectivity index (χ4v) is 20.6. The van der Waals surface area contributed by atoms with Crippen LogP contribution in [0.2, 0.25) is 0 Å². The normalized spacial score (nSPS) is 12.3. The standard InChI is InChI=1S/C124H87BN4/c1-124(2,3)100-78-107(88-46-23-10-24-47-88)123(108(79-100)98-55-32-53-94(73-98)92-51-30-49-90(71-92)83-36-13-5-14-37-83)129-118-81-102(127-114-61-28-26-57-106(114)110-75-96(63-69-116(110)127)85-40-17-7-18-41-85)65-67-112(118)125-111-66-64-101(126-113-60-27-25-56-105(113)109-74-95(62-68-115(109)126)84-38-15-6-16-39-84)80-117(111)128(119-76-99(77-120(129)121(119)125)86-42-19-8-20-43-86)122-103(87-44-21-9-22-45-87)58-33-59-104(122)97-54-31-52-93(72-97)91-50-29-48-89(70-91)82-34-11-4-12-35-82/h4-81H,1-3H3. The summed E-state index contributed by atoms with van der Waals surface area (Å²) in [6, 6.07) is 178. The van der Waals surface area contributed by atoms with Crippen molar-refractivity contribution in [1.82, 2.24) is 9.13 Å². The molecule has 129 heavy (non-hydrogen) atoms. The zero-order valence-electron chi connectivity index (χ0n) is 71.9. The summed E-state index contributed by atoms with van der Waals surface area (Å²) in [5.74, 6) is 0. The number of aromatic nitrogens is 2. The summed E-state index contributed by atoms with van der Waals surface area (Å²) < 4.78 is 5.05. The minimum absolute atomic E-state index is 0.289. The minimum atomic E-state index is -0.344. The highest BCUT2D eigenvalue weighted by atomic mass is 15.2. The van der Waals surface area contributed by atoms with Crippen LogP contribution >= 0.6 is 0 Å². The quantitative estimate of drug-likeness (QED) is 0.0951. The lowest BCUT2D eigenvalue weighted by molar-refractivity contribution is 0.591. The smallest absolute Gasteiger partial charge is 0.252 e. The molecule has 22 aromatic rings. The van der Waals surface area contributed by atoms with Gasteiger partial charge in [-0.25, -0.2) is 0 Å². The van der Waals surface area contributed by atoms with E-state index >= 15 is 0 Å². The van der Waals surface area contributed by atoms with Crippen molar-refractivity contribution < 1.29 is 0 Å². The van der Waals surface area contributed by atoms with Crippen LogP contribution in [0.1, 0.15) is 26.3 Å². The van der Waals surface area contributed by atoms with Gasteiger partial charge < -0.3 is 18.9 Å². The molecule has 0 spiro atoms. The van der Waals surface area contributed by atoms with Gasteiger partial charge in [0.1, 0.15) is 0 Å². The molecule has 0 N–H and O–H groups in total. The van der Waals surface area contributed by atoms with Gasteiger partial charge in [0.15, 0.2) is 0 Å². The maximum atomic E-state index is 2.74. The average Bonchev–Trinajstić information content (AvgIpc) is 0.839. The molecular formula is C124H87BN4. The molecule has 2 aliphatic heterocycles. The Bertz CT molecular complexity index is 8130. The Hall–Kier alpha value is -16.3. The monoisotopic (exact) mass is 1640 g/mol. The van der Waals surface area contributed by atoms with E-state index in [4.69, 9.17) is 0 Å². The van der Waals surface area contributed by atoms with E-state index < -0.39 is 0 Å². The summed E-state index contributed by atoms with van der Waals surface area (Å²) in [6.07, 6.45) is 0. The topological polar surface area (TPSA) is 16.3 Å². The van der Waals surface area contributed by atoms with Gasteiger partial charge in [0, 0.05) is 77.9 Å². The zero-order valence-corrected chi connectivity index (χ0v) is 71.9. The predicted molar refractivity (Wildman–Crippen MR) is 548 cm³/mol. The molecule has 0 saturated carbocycles. The first-order chi connectivity index (χ1) is 63.6. The number of anilines is 6. The van der Waals surface area contributed by atoms with Crippen LogP contribution in [0.15, 0.2) is 473 Å². The van der Waals surface area contributed by atoms with Crippen LogP contribution < -0.4 is 26.2 Å². The molecule has 4 nitrogen and oxygen atoms in total. The van der Waals surface area contributed by atoms with Crippen molar-refractivity contribution in [3.8, 4) is 134 Å². The summed E-state index contributed by atoms with van der Waals surface area (Å²) >= 11 is 0. The molecule has 4 heterocycles. The number of fused-ring (bicyclic) bond motifs is 10. The molecule has 20 aromatic carbocycles. The van der Waals surface area contributed by atoms with Gasteiger partial charge in [-0.2, -0.15) is 0 Å². The average molecular weight is 1640 g/mol. The van der Waals surface area contributed by atoms with E-state index in [1.807, 2.05) is 0 Å². The van der Waals surface area contributed by atoms with Crippen molar-refractivity contribution in [3.05, 3.63) is 479 Å². The second-order valence-electron chi connectivity index (χ2n) is 35.4. The molecule has 0 fully saturated rings. The van der Waals surface area contributed by atoms with Gasteiger partial charge in [-0.05, 0) is 237 Å². The van der Waals surface area contributed by atoms with Gasteiger partial charge in [0.25, 0.3) is 6.71 Å². The second kappa shape index (κ2) is 31.4. The van der Waals surface area contributed by atoms with E-state index in [-0.39, 0.29) is 12.1 Å². The highest BCUT2D eigenvalue weighted by Gasteiger charge is 2.46. The molecule has 0 amide bonds. The molecule has 0 aliphatic carbocycles. The molecule has 0 atom stereocenters. The first-order valence-electron chi connectivity index (χ1n) is 44.9. The van der Waals surface area contributed by atoms with Crippen LogP contribution in [0.5, 0.6) is 0 Å². The van der Waals surface area contributed by atoms with Gasteiger partial charge in [-0.1, -0.05) is 385 Å². The van der Waals surface area contributed by atoms with Gasteiger partial charge >= 0.3 is 0 Å². The number of hydrogen-bond acceptors (Lipinski definition) is 2. The fourth-order valence-electron chi connectivity index (χ4n) is 20.6. The summed E-state index contributed by atoms with van der Waals surface area (Å²) in [5.41, 5.74) is 42.7. The Morgan fingerprint density at radius 1 is 0.186 bits per heavy atom. The van der Waals surface area contributed by atoms with E-state index in [1.165, 1.54) is 88.0 Å². The Morgan fingerprint density at radius 2 is 0.473 bits per heavy atom. The third kappa shape index (κ3) is 13.3. The minimum Gasteiger partial charge on any atom is -0.310 e. The molecule has 5 heteroatoms. The Morgan fingerprint density at radius 3 is 0.876 bits per heavy atom. The van der Waals surface area contributed by atoms with E-state index in [0.717, 1.165) is 145 Å². The lowest BCUT2D eigenvalue weighted by Crippen LogP contribution is -2.61. The highest BCUT2D eigenvalue weighted by molar-refractivity contribution is 7.00. The molecular weight excluding hydrogens is 1560 g/mol. The molecule has 606 valence electrons. The summed E-state index contributed by atoms with van der Waals surface area (Å²) in [4.78, 5) is 5.46. The van der Waals surface area contributed by atoms with Crippen LogP contribution in [-0.2, 0) is 5.41 Å². The largest absolute Gasteiger partial charge is 0.310 e. The van der Waals surface area contributed by atoms with E-state index in [0.29, 0.717) is 0 Å². The Labute approximate surface area is 753 Å². The van der Waals surface area contributed by atoms with Crippen molar-refractivity contribution in [1.29, 1.82) is 0 Å². The van der Waals surface area contributed by atoms with Crippen LogP contribution in [0.25, 0.3) is 177 Å². The SMILES string of the molecule is CC(C)(C)c1cc(-c2ccccc2)c(N2c3cc(-n4c5ccccc5c5cc(-c6ccccc6)ccc54)ccc3B3c4ccc(-n5c6ccccc6c6cc(-c7ccccc7)ccc65)cc4N(c4c(-c5ccccc5)cccc4-c4cccc(-c5cccc(-c6ccccc6)c5)c4)c4cc(-c5ccccc5)cc2c43)c(-c2cccc(-c3cccc(-c4ccccc4)c3)c2)c1. The molecule has 2 aliphatic rings. The molecule has 0 radical (unpaired) electrons.